The first-order valence-electron chi connectivity index (χ1n) is 8.34. The van der Waals surface area contributed by atoms with Gasteiger partial charge in [0.2, 0.25) is 0 Å². The van der Waals surface area contributed by atoms with Crippen molar-refractivity contribution in [2.24, 2.45) is 0 Å². The Balaban J connectivity index is 2.03. The third-order valence-electron chi connectivity index (χ3n) is 3.74. The zero-order valence-corrected chi connectivity index (χ0v) is 16.3. The average molecular weight is 409 g/mol. The number of thiophene rings is 1. The predicted molar refractivity (Wildman–Crippen MR) is 92.1 cm³/mol. The monoisotopic (exact) mass is 409 g/mol. The fourth-order valence-corrected chi connectivity index (χ4v) is 3.37. The second-order valence-electron chi connectivity index (χ2n) is 7.08. The number of amides is 1. The number of carbonyl (C=O) groups excluding carboxylic acids is 2. The normalized spacial score (nSPS) is 16.2. The Bertz CT molecular complexity index is 688. The smallest absolute Gasteiger partial charge is 0.425 e. The molecule has 1 aliphatic rings. The summed E-state index contributed by atoms with van der Waals surface area (Å²) in [6.45, 7) is 6.00. The molecule has 1 aliphatic heterocycles. The van der Waals surface area contributed by atoms with E-state index < -0.39 is 34.8 Å². The molecule has 0 bridgehead atoms. The summed E-state index contributed by atoms with van der Waals surface area (Å²) in [4.78, 5) is 24.2. The molecule has 0 atom stereocenters. The lowest BCUT2D eigenvalue weighted by atomic mass is 10.1. The van der Waals surface area contributed by atoms with E-state index in [1.54, 1.807) is 20.8 Å². The molecule has 0 radical (unpaired) electrons. The van der Waals surface area contributed by atoms with Crippen molar-refractivity contribution >= 4 is 23.4 Å². The molecule has 152 valence electrons. The molecule has 0 spiro atoms. The number of piperidine rings is 1. The van der Waals surface area contributed by atoms with Gasteiger partial charge in [-0.15, -0.1) is 11.3 Å². The number of halogens is 3. The molecule has 0 aromatic carbocycles. The van der Waals surface area contributed by atoms with E-state index in [0.717, 1.165) is 13.2 Å². The summed E-state index contributed by atoms with van der Waals surface area (Å²) in [7, 11) is 1.10. The molecule has 0 unspecified atom stereocenters. The largest absolute Gasteiger partial charge is 0.488 e. The zero-order chi connectivity index (χ0) is 20.4. The first-order chi connectivity index (χ1) is 12.4. The lowest BCUT2D eigenvalue weighted by Gasteiger charge is -2.33. The number of ether oxygens (including phenoxy) is 3. The maximum Gasteiger partial charge on any atom is 0.425 e. The van der Waals surface area contributed by atoms with Gasteiger partial charge >= 0.3 is 18.2 Å². The van der Waals surface area contributed by atoms with Gasteiger partial charge < -0.3 is 19.1 Å². The molecule has 1 aromatic rings. The minimum absolute atomic E-state index is 0.144. The second kappa shape index (κ2) is 7.95. The van der Waals surface area contributed by atoms with Gasteiger partial charge in [-0.05, 0) is 20.8 Å². The van der Waals surface area contributed by atoms with Gasteiger partial charge in [-0.2, -0.15) is 13.2 Å². The Morgan fingerprint density at radius 2 is 1.78 bits per heavy atom. The van der Waals surface area contributed by atoms with E-state index in [1.165, 1.54) is 4.90 Å². The molecule has 27 heavy (non-hydrogen) atoms. The van der Waals surface area contributed by atoms with E-state index in [2.05, 4.69) is 4.74 Å². The van der Waals surface area contributed by atoms with Gasteiger partial charge in [0.15, 0.2) is 4.88 Å². The Hall–Kier alpha value is -1.97. The van der Waals surface area contributed by atoms with Crippen LogP contribution in [0.3, 0.4) is 0 Å². The molecule has 2 heterocycles. The maximum absolute atomic E-state index is 12.9. The first kappa shape index (κ1) is 21.3. The second-order valence-corrected chi connectivity index (χ2v) is 8.13. The van der Waals surface area contributed by atoms with E-state index in [0.29, 0.717) is 37.3 Å². The summed E-state index contributed by atoms with van der Waals surface area (Å²) < 4.78 is 54.3. The highest BCUT2D eigenvalue weighted by atomic mass is 32.1. The van der Waals surface area contributed by atoms with Gasteiger partial charge in [0, 0.05) is 32.0 Å². The van der Waals surface area contributed by atoms with Gasteiger partial charge in [-0.3, -0.25) is 0 Å². The summed E-state index contributed by atoms with van der Waals surface area (Å²) in [6.07, 6.45) is -4.60. The molecule has 0 aliphatic carbocycles. The number of likely N-dealkylation sites (tertiary alicyclic amines) is 1. The van der Waals surface area contributed by atoms with Crippen LogP contribution in [0.15, 0.2) is 6.07 Å². The number of carbonyl (C=O) groups is 2. The van der Waals surface area contributed by atoms with Crippen molar-refractivity contribution in [1.29, 1.82) is 0 Å². The number of esters is 1. The molecule has 2 rings (SSSR count). The van der Waals surface area contributed by atoms with E-state index in [9.17, 15) is 22.8 Å². The van der Waals surface area contributed by atoms with Crippen LogP contribution in [-0.2, 0) is 15.7 Å². The van der Waals surface area contributed by atoms with E-state index >= 15 is 0 Å². The van der Waals surface area contributed by atoms with Crippen molar-refractivity contribution < 1.29 is 37.0 Å². The molecular formula is C17H22F3NO5S. The molecule has 1 fully saturated rings. The molecule has 1 saturated heterocycles. The van der Waals surface area contributed by atoms with E-state index in [1.807, 2.05) is 0 Å². The third-order valence-corrected chi connectivity index (χ3v) is 4.88. The predicted octanol–water partition coefficient (Wildman–Crippen LogP) is 4.33. The van der Waals surface area contributed by atoms with Crippen molar-refractivity contribution in [2.45, 2.75) is 51.5 Å². The summed E-state index contributed by atoms with van der Waals surface area (Å²) in [5.41, 5.74) is -0.607. The lowest BCUT2D eigenvalue weighted by Crippen LogP contribution is -2.44. The van der Waals surface area contributed by atoms with Crippen LogP contribution in [0.4, 0.5) is 18.0 Å². The highest BCUT2D eigenvalue weighted by molar-refractivity contribution is 7.14. The first-order valence-corrected chi connectivity index (χ1v) is 9.16. The molecule has 10 heteroatoms. The zero-order valence-electron chi connectivity index (χ0n) is 15.5. The summed E-state index contributed by atoms with van der Waals surface area (Å²) in [6, 6.07) is 0.817. The van der Waals surface area contributed by atoms with Crippen molar-refractivity contribution in [3.8, 4) is 5.75 Å². The fraction of sp³-hybridized carbons (Fsp3) is 0.647. The number of alkyl halides is 3. The van der Waals surface area contributed by atoms with Crippen LogP contribution in [0.1, 0.15) is 48.2 Å². The highest BCUT2D eigenvalue weighted by Gasteiger charge is 2.37. The van der Waals surface area contributed by atoms with Crippen LogP contribution in [0.25, 0.3) is 0 Å². The van der Waals surface area contributed by atoms with Crippen molar-refractivity contribution in [3.05, 3.63) is 15.8 Å². The van der Waals surface area contributed by atoms with Crippen molar-refractivity contribution in [1.82, 2.24) is 4.90 Å². The summed E-state index contributed by atoms with van der Waals surface area (Å²) in [5.74, 6) is -1.02. The van der Waals surface area contributed by atoms with Crippen LogP contribution in [0.2, 0.25) is 0 Å². The number of hydrogen-bond donors (Lipinski definition) is 0. The molecule has 6 nitrogen and oxygen atoms in total. The summed E-state index contributed by atoms with van der Waals surface area (Å²) >= 11 is 0.290. The quantitative estimate of drug-likeness (QED) is 0.696. The Labute approximate surface area is 159 Å². The lowest BCUT2D eigenvalue weighted by molar-refractivity contribution is -0.134. The Morgan fingerprint density at radius 1 is 1.19 bits per heavy atom. The van der Waals surface area contributed by atoms with Crippen LogP contribution in [0, 0.1) is 0 Å². The number of nitrogens with zero attached hydrogens (tertiary/aromatic N) is 1. The molecular weight excluding hydrogens is 387 g/mol. The number of rotatable bonds is 3. The molecule has 1 aromatic heterocycles. The fourth-order valence-electron chi connectivity index (χ4n) is 2.50. The van der Waals surface area contributed by atoms with Crippen LogP contribution in [-0.4, -0.2) is 48.9 Å². The van der Waals surface area contributed by atoms with Crippen molar-refractivity contribution in [3.63, 3.8) is 0 Å². The standard InChI is InChI=1S/C17H22F3NO5S/c1-16(2,3)26-15(23)21-7-5-10(6-8-21)25-11-9-12(17(18,19)20)27-13(11)14(22)24-4/h9-10H,5-8H2,1-4H3. The van der Waals surface area contributed by atoms with Gasteiger partial charge in [0.1, 0.15) is 22.3 Å². The minimum atomic E-state index is -4.57. The topological polar surface area (TPSA) is 65.1 Å². The third kappa shape index (κ3) is 5.75. The van der Waals surface area contributed by atoms with Gasteiger partial charge in [0.25, 0.3) is 0 Å². The molecule has 0 N–H and O–H groups in total. The van der Waals surface area contributed by atoms with E-state index in [4.69, 9.17) is 9.47 Å². The van der Waals surface area contributed by atoms with Gasteiger partial charge in [-0.25, -0.2) is 9.59 Å². The highest BCUT2D eigenvalue weighted by Crippen LogP contribution is 2.41. The number of methoxy groups -OCH3 is 1. The van der Waals surface area contributed by atoms with Crippen molar-refractivity contribution in [2.75, 3.05) is 20.2 Å². The minimum Gasteiger partial charge on any atom is -0.488 e. The SMILES string of the molecule is COC(=O)c1sc(C(F)(F)F)cc1OC1CCN(C(=O)OC(C)(C)C)CC1. The average Bonchev–Trinajstić information content (AvgIpc) is 2.97. The molecule has 0 saturated carbocycles. The maximum atomic E-state index is 12.9. The number of hydrogen-bond acceptors (Lipinski definition) is 6. The van der Waals surface area contributed by atoms with Crippen LogP contribution in [0.5, 0.6) is 5.75 Å². The van der Waals surface area contributed by atoms with E-state index in [-0.39, 0.29) is 10.6 Å². The molecule has 1 amide bonds. The van der Waals surface area contributed by atoms with Crippen LogP contribution >= 0.6 is 11.3 Å². The summed E-state index contributed by atoms with van der Waals surface area (Å²) in [5, 5.41) is 0. The van der Waals surface area contributed by atoms with Gasteiger partial charge in [0.05, 0.1) is 7.11 Å². The van der Waals surface area contributed by atoms with Crippen LogP contribution < -0.4 is 4.74 Å². The Morgan fingerprint density at radius 3 is 2.26 bits per heavy atom. The van der Waals surface area contributed by atoms with Gasteiger partial charge in [-0.1, -0.05) is 0 Å². The Kier molecular flexibility index (Phi) is 6.28.